The fraction of sp³-hybridized carbons (Fsp3) is 0.200. The molecule has 25 heavy (non-hydrogen) atoms. The van der Waals surface area contributed by atoms with Crippen molar-refractivity contribution in [1.29, 1.82) is 0 Å². The van der Waals surface area contributed by atoms with Crippen molar-refractivity contribution < 1.29 is 4.79 Å². The van der Waals surface area contributed by atoms with E-state index in [-0.39, 0.29) is 17.5 Å². The van der Waals surface area contributed by atoms with Crippen molar-refractivity contribution in [3.63, 3.8) is 0 Å². The van der Waals surface area contributed by atoms with Gasteiger partial charge in [-0.25, -0.2) is 0 Å². The van der Waals surface area contributed by atoms with Gasteiger partial charge in [-0.15, -0.1) is 0 Å². The minimum atomic E-state index is -0.133. The molecular formula is C20H17BrN2O2. The third-order valence-electron chi connectivity index (χ3n) is 4.75. The summed E-state index contributed by atoms with van der Waals surface area (Å²) in [6.07, 6.45) is 2.55. The zero-order valence-corrected chi connectivity index (χ0v) is 15.3. The van der Waals surface area contributed by atoms with Gasteiger partial charge in [-0.2, -0.15) is 0 Å². The van der Waals surface area contributed by atoms with Gasteiger partial charge in [-0.05, 0) is 24.1 Å². The van der Waals surface area contributed by atoms with Gasteiger partial charge in [0.2, 0.25) is 0 Å². The highest BCUT2D eigenvalue weighted by atomic mass is 79.9. The van der Waals surface area contributed by atoms with E-state index in [2.05, 4.69) is 27.3 Å². The second-order valence-electron chi connectivity index (χ2n) is 6.45. The van der Waals surface area contributed by atoms with Crippen molar-refractivity contribution in [3.8, 4) is 0 Å². The molecule has 126 valence electrons. The first kappa shape index (κ1) is 16.1. The molecule has 0 aliphatic heterocycles. The lowest BCUT2D eigenvalue weighted by Crippen LogP contribution is -2.29. The number of aryl methyl sites for hydroxylation is 1. The Morgan fingerprint density at radius 2 is 1.80 bits per heavy atom. The van der Waals surface area contributed by atoms with Gasteiger partial charge in [0.1, 0.15) is 0 Å². The number of rotatable bonds is 3. The molecule has 3 aromatic rings. The quantitative estimate of drug-likeness (QED) is 0.735. The molecule has 2 atom stereocenters. The number of pyridine rings is 1. The van der Waals surface area contributed by atoms with E-state index in [1.807, 2.05) is 36.4 Å². The highest BCUT2D eigenvalue weighted by Crippen LogP contribution is 2.43. The number of carbonyl (C=O) groups excluding carboxylic acids is 1. The Kier molecular flexibility index (Phi) is 3.96. The Morgan fingerprint density at radius 1 is 1.12 bits per heavy atom. The van der Waals surface area contributed by atoms with Crippen molar-refractivity contribution in [3.05, 3.63) is 80.7 Å². The number of amides is 1. The Labute approximate surface area is 153 Å². The Morgan fingerprint density at radius 3 is 2.56 bits per heavy atom. The molecule has 1 fully saturated rings. The summed E-state index contributed by atoms with van der Waals surface area (Å²) in [5.74, 6) is 0.199. The molecule has 2 aromatic carbocycles. The van der Waals surface area contributed by atoms with Crippen LogP contribution in [0.25, 0.3) is 10.8 Å². The monoisotopic (exact) mass is 396 g/mol. The van der Waals surface area contributed by atoms with Crippen LogP contribution in [0.3, 0.4) is 0 Å². The van der Waals surface area contributed by atoms with Gasteiger partial charge in [0.05, 0.1) is 5.56 Å². The first-order valence-electron chi connectivity index (χ1n) is 8.20. The number of benzene rings is 2. The van der Waals surface area contributed by atoms with E-state index in [4.69, 9.17) is 0 Å². The van der Waals surface area contributed by atoms with Crippen LogP contribution in [0.15, 0.2) is 64.0 Å². The second kappa shape index (κ2) is 6.15. The topological polar surface area (TPSA) is 51.1 Å². The van der Waals surface area contributed by atoms with Crippen LogP contribution < -0.4 is 10.9 Å². The van der Waals surface area contributed by atoms with Crippen molar-refractivity contribution in [2.24, 2.45) is 7.05 Å². The number of nitrogens with one attached hydrogen (secondary N) is 1. The summed E-state index contributed by atoms with van der Waals surface area (Å²) >= 11 is 3.57. The normalized spacial score (nSPS) is 19.0. The molecule has 1 aromatic heterocycles. The van der Waals surface area contributed by atoms with Crippen LogP contribution in [0.4, 0.5) is 0 Å². The maximum absolute atomic E-state index is 12.8. The molecule has 1 aliphatic rings. The lowest BCUT2D eigenvalue weighted by molar-refractivity contribution is 0.0951. The summed E-state index contributed by atoms with van der Waals surface area (Å²) in [6.45, 7) is 0. The summed E-state index contributed by atoms with van der Waals surface area (Å²) in [6, 6.07) is 15.5. The largest absolute Gasteiger partial charge is 0.349 e. The summed E-state index contributed by atoms with van der Waals surface area (Å²) in [5, 5.41) is 4.37. The molecule has 0 radical (unpaired) electrons. The van der Waals surface area contributed by atoms with Crippen LogP contribution in [-0.4, -0.2) is 16.5 Å². The van der Waals surface area contributed by atoms with Crippen molar-refractivity contribution in [2.45, 2.75) is 18.4 Å². The van der Waals surface area contributed by atoms with E-state index in [0.717, 1.165) is 10.9 Å². The van der Waals surface area contributed by atoms with Crippen molar-refractivity contribution in [1.82, 2.24) is 9.88 Å². The zero-order chi connectivity index (χ0) is 17.6. The van der Waals surface area contributed by atoms with Crippen LogP contribution in [0.5, 0.6) is 0 Å². The minimum absolute atomic E-state index is 0.0929. The van der Waals surface area contributed by atoms with Crippen LogP contribution in [0.1, 0.15) is 28.3 Å². The molecule has 4 nitrogen and oxygen atoms in total. The van der Waals surface area contributed by atoms with Gasteiger partial charge in [-0.3, -0.25) is 9.59 Å². The molecule has 4 rings (SSSR count). The van der Waals surface area contributed by atoms with Gasteiger partial charge in [0.15, 0.2) is 0 Å². The highest BCUT2D eigenvalue weighted by Gasteiger charge is 2.40. The molecule has 1 N–H and O–H groups in total. The van der Waals surface area contributed by atoms with Gasteiger partial charge in [-0.1, -0.05) is 52.3 Å². The molecule has 1 amide bonds. The van der Waals surface area contributed by atoms with Gasteiger partial charge in [0.25, 0.3) is 11.5 Å². The molecule has 1 heterocycles. The molecular weight excluding hydrogens is 380 g/mol. The van der Waals surface area contributed by atoms with E-state index < -0.39 is 0 Å². The molecule has 1 saturated carbocycles. The number of halogens is 1. The third-order valence-corrected chi connectivity index (χ3v) is 5.47. The van der Waals surface area contributed by atoms with Gasteiger partial charge < -0.3 is 9.88 Å². The first-order valence-corrected chi connectivity index (χ1v) is 8.99. The van der Waals surface area contributed by atoms with Crippen molar-refractivity contribution in [2.75, 3.05) is 0 Å². The fourth-order valence-corrected chi connectivity index (χ4v) is 3.90. The summed E-state index contributed by atoms with van der Waals surface area (Å²) in [5.41, 5.74) is 1.67. The lowest BCUT2D eigenvalue weighted by Gasteiger charge is -2.10. The maximum Gasteiger partial charge on any atom is 0.258 e. The zero-order valence-electron chi connectivity index (χ0n) is 13.7. The first-order chi connectivity index (χ1) is 12.1. The van der Waals surface area contributed by atoms with E-state index in [0.29, 0.717) is 22.3 Å². The van der Waals surface area contributed by atoms with E-state index in [1.54, 1.807) is 19.3 Å². The Bertz CT molecular complexity index is 1040. The van der Waals surface area contributed by atoms with E-state index >= 15 is 0 Å². The van der Waals surface area contributed by atoms with Crippen LogP contribution in [0.2, 0.25) is 0 Å². The molecule has 5 heteroatoms. The summed E-state index contributed by atoms with van der Waals surface area (Å²) in [7, 11) is 1.67. The minimum Gasteiger partial charge on any atom is -0.349 e. The van der Waals surface area contributed by atoms with Crippen LogP contribution >= 0.6 is 15.9 Å². The lowest BCUT2D eigenvalue weighted by atomic mass is 10.1. The van der Waals surface area contributed by atoms with E-state index in [9.17, 15) is 9.59 Å². The smallest absolute Gasteiger partial charge is 0.258 e. The van der Waals surface area contributed by atoms with Crippen LogP contribution in [-0.2, 0) is 7.05 Å². The predicted molar refractivity (Wildman–Crippen MR) is 102 cm³/mol. The van der Waals surface area contributed by atoms with Crippen LogP contribution in [0, 0.1) is 0 Å². The molecule has 0 spiro atoms. The SMILES string of the molecule is Cn1cc(C(=O)N[C@@H]2C[C@H]2c2ccccc2Br)c2ccccc2c1=O. The fourth-order valence-electron chi connectivity index (χ4n) is 3.32. The van der Waals surface area contributed by atoms with Gasteiger partial charge in [0, 0.05) is 40.4 Å². The maximum atomic E-state index is 12.8. The summed E-state index contributed by atoms with van der Waals surface area (Å²) in [4.78, 5) is 25.0. The Hall–Kier alpha value is -2.40. The average molecular weight is 397 g/mol. The number of nitrogens with zero attached hydrogens (tertiary/aromatic N) is 1. The predicted octanol–water partition coefficient (Wildman–Crippen LogP) is 3.59. The number of carbonyl (C=O) groups is 1. The van der Waals surface area contributed by atoms with Crippen molar-refractivity contribution >= 4 is 32.6 Å². The molecule has 0 bridgehead atoms. The second-order valence-corrected chi connectivity index (χ2v) is 7.30. The standard InChI is InChI=1S/C20H17BrN2O2/c1-23-11-16(12-6-2-3-8-14(12)20(23)25)19(24)22-18-10-15(18)13-7-4-5-9-17(13)21/h2-9,11,15,18H,10H2,1H3,(H,22,24)/t15-,18+/m0/s1. The number of hydrogen-bond acceptors (Lipinski definition) is 2. The highest BCUT2D eigenvalue weighted by molar-refractivity contribution is 9.10. The average Bonchev–Trinajstić information content (AvgIpc) is 3.37. The van der Waals surface area contributed by atoms with E-state index in [1.165, 1.54) is 10.1 Å². The third kappa shape index (κ3) is 2.89. The number of hydrogen-bond donors (Lipinski definition) is 1. The number of aromatic nitrogens is 1. The number of fused-ring (bicyclic) bond motifs is 1. The molecule has 0 unspecified atom stereocenters. The Balaban J connectivity index is 1.61. The molecule has 1 aliphatic carbocycles. The molecule has 0 saturated heterocycles. The van der Waals surface area contributed by atoms with Gasteiger partial charge >= 0.3 is 0 Å². The summed E-state index contributed by atoms with van der Waals surface area (Å²) < 4.78 is 2.54.